The Kier molecular flexibility index (Phi) is 4.92. The first-order valence-electron chi connectivity index (χ1n) is 7.07. The number of rotatable bonds is 6. The van der Waals surface area contributed by atoms with Crippen molar-refractivity contribution in [1.29, 1.82) is 0 Å². The molecule has 6 heteroatoms. The van der Waals surface area contributed by atoms with Crippen LogP contribution >= 0.6 is 0 Å². The van der Waals surface area contributed by atoms with Gasteiger partial charge in [-0.15, -0.1) is 0 Å². The van der Waals surface area contributed by atoms with Crippen LogP contribution in [0.15, 0.2) is 24.5 Å². The van der Waals surface area contributed by atoms with E-state index in [2.05, 4.69) is 27.6 Å². The van der Waals surface area contributed by atoms with Gasteiger partial charge in [0.15, 0.2) is 5.82 Å². The number of anilines is 1. The molecule has 0 saturated carbocycles. The van der Waals surface area contributed by atoms with Crippen LogP contribution in [0.25, 0.3) is 0 Å². The highest BCUT2D eigenvalue weighted by atomic mass is 16.1. The highest BCUT2D eigenvalue weighted by molar-refractivity contribution is 5.99. The summed E-state index contributed by atoms with van der Waals surface area (Å²) in [5, 5.41) is 10.3. The van der Waals surface area contributed by atoms with Crippen molar-refractivity contribution in [3.63, 3.8) is 0 Å². The van der Waals surface area contributed by atoms with Gasteiger partial charge < -0.3 is 10.6 Å². The lowest BCUT2D eigenvalue weighted by Gasteiger charge is -2.12. The third kappa shape index (κ3) is 4.05. The number of aromatic nitrogens is 3. The van der Waals surface area contributed by atoms with Crippen molar-refractivity contribution < 1.29 is 4.79 Å². The van der Waals surface area contributed by atoms with Gasteiger partial charge >= 0.3 is 0 Å². The first-order chi connectivity index (χ1) is 10.1. The summed E-state index contributed by atoms with van der Waals surface area (Å²) >= 11 is 0. The molecule has 2 N–H and O–H groups in total. The van der Waals surface area contributed by atoms with Gasteiger partial charge in [-0.3, -0.25) is 9.48 Å². The molecule has 112 valence electrons. The molecule has 1 aromatic carbocycles. The number of hydrogen-bond donors (Lipinski definition) is 2. The summed E-state index contributed by atoms with van der Waals surface area (Å²) in [5.74, 6) is 0.474. The quantitative estimate of drug-likeness (QED) is 0.851. The zero-order valence-corrected chi connectivity index (χ0v) is 12.7. The Balaban J connectivity index is 2.07. The molecule has 0 aliphatic carbocycles. The van der Waals surface area contributed by atoms with Crippen LogP contribution in [0.4, 0.5) is 5.69 Å². The Morgan fingerprint density at radius 3 is 2.86 bits per heavy atom. The summed E-state index contributed by atoms with van der Waals surface area (Å²) in [5.41, 5.74) is 2.63. The lowest BCUT2D eigenvalue weighted by atomic mass is 10.1. The van der Waals surface area contributed by atoms with Crippen LogP contribution in [-0.4, -0.2) is 27.2 Å². The Labute approximate surface area is 124 Å². The summed E-state index contributed by atoms with van der Waals surface area (Å²) in [4.78, 5) is 16.4. The molecule has 0 fully saturated rings. The normalized spacial score (nSPS) is 10.4. The first kappa shape index (κ1) is 15.0. The van der Waals surface area contributed by atoms with E-state index in [9.17, 15) is 4.79 Å². The van der Waals surface area contributed by atoms with Crippen LogP contribution < -0.4 is 10.6 Å². The molecule has 6 nitrogen and oxygen atoms in total. The van der Waals surface area contributed by atoms with E-state index in [0.717, 1.165) is 24.2 Å². The van der Waals surface area contributed by atoms with Crippen molar-refractivity contribution in [1.82, 2.24) is 20.1 Å². The molecule has 1 aromatic heterocycles. The van der Waals surface area contributed by atoms with Gasteiger partial charge in [0.05, 0.1) is 12.1 Å². The van der Waals surface area contributed by atoms with Gasteiger partial charge in [0.25, 0.3) is 5.91 Å². The molecule has 0 atom stereocenters. The van der Waals surface area contributed by atoms with Crippen molar-refractivity contribution in [3.8, 4) is 0 Å². The van der Waals surface area contributed by atoms with Gasteiger partial charge in [0.1, 0.15) is 6.33 Å². The van der Waals surface area contributed by atoms with Gasteiger partial charge in [-0.1, -0.05) is 13.0 Å². The number of carbonyl (C=O) groups is 1. The van der Waals surface area contributed by atoms with Crippen LogP contribution in [0.1, 0.15) is 35.1 Å². The maximum Gasteiger partial charge on any atom is 0.253 e. The number of carbonyl (C=O) groups excluding carboxylic acids is 1. The largest absolute Gasteiger partial charge is 0.384 e. The van der Waals surface area contributed by atoms with Crippen molar-refractivity contribution in [2.24, 2.45) is 7.05 Å². The minimum Gasteiger partial charge on any atom is -0.384 e. The van der Waals surface area contributed by atoms with Gasteiger partial charge in [-0.05, 0) is 31.0 Å². The Bertz CT molecular complexity index is 620. The molecule has 0 aliphatic heterocycles. The van der Waals surface area contributed by atoms with E-state index in [1.54, 1.807) is 18.1 Å². The minimum atomic E-state index is -0.124. The zero-order valence-electron chi connectivity index (χ0n) is 12.7. The standard InChI is InChI=1S/C15H21N5O/c1-4-7-16-13-8-11(2)5-6-12(13)15(21)17-9-14-18-10-20(3)19-14/h5-6,8,10,16H,4,7,9H2,1-3H3,(H,17,21). The second kappa shape index (κ2) is 6.88. The number of amides is 1. The molecular weight excluding hydrogens is 266 g/mol. The molecule has 0 radical (unpaired) electrons. The highest BCUT2D eigenvalue weighted by Gasteiger charge is 2.12. The lowest BCUT2D eigenvalue weighted by molar-refractivity contribution is 0.0950. The molecule has 0 bridgehead atoms. The number of nitrogens with zero attached hydrogens (tertiary/aromatic N) is 3. The van der Waals surface area contributed by atoms with E-state index in [1.165, 1.54) is 0 Å². The third-order valence-corrected chi connectivity index (χ3v) is 3.04. The molecule has 2 rings (SSSR count). The van der Waals surface area contributed by atoms with Crippen LogP contribution in [0.3, 0.4) is 0 Å². The summed E-state index contributed by atoms with van der Waals surface area (Å²) in [6.07, 6.45) is 2.62. The van der Waals surface area contributed by atoms with Crippen molar-refractivity contribution in [2.75, 3.05) is 11.9 Å². The number of benzene rings is 1. The Morgan fingerprint density at radius 2 is 2.19 bits per heavy atom. The third-order valence-electron chi connectivity index (χ3n) is 3.04. The van der Waals surface area contributed by atoms with E-state index in [0.29, 0.717) is 17.9 Å². The summed E-state index contributed by atoms with van der Waals surface area (Å²) in [6, 6.07) is 5.77. The predicted molar refractivity (Wildman–Crippen MR) is 82.1 cm³/mol. The molecular formula is C15H21N5O. The smallest absolute Gasteiger partial charge is 0.253 e. The fourth-order valence-electron chi connectivity index (χ4n) is 1.98. The lowest BCUT2D eigenvalue weighted by Crippen LogP contribution is -2.24. The average Bonchev–Trinajstić information content (AvgIpc) is 2.88. The number of nitrogens with one attached hydrogen (secondary N) is 2. The monoisotopic (exact) mass is 287 g/mol. The average molecular weight is 287 g/mol. The molecule has 21 heavy (non-hydrogen) atoms. The summed E-state index contributed by atoms with van der Waals surface area (Å²) < 4.78 is 1.61. The topological polar surface area (TPSA) is 71.8 Å². The van der Waals surface area contributed by atoms with Crippen molar-refractivity contribution in [3.05, 3.63) is 41.5 Å². The van der Waals surface area contributed by atoms with Gasteiger partial charge in [0.2, 0.25) is 0 Å². The second-order valence-corrected chi connectivity index (χ2v) is 4.99. The van der Waals surface area contributed by atoms with E-state index in [-0.39, 0.29) is 5.91 Å². The highest BCUT2D eigenvalue weighted by Crippen LogP contribution is 2.17. The van der Waals surface area contributed by atoms with Crippen LogP contribution in [0.5, 0.6) is 0 Å². The van der Waals surface area contributed by atoms with Gasteiger partial charge in [-0.25, -0.2) is 4.98 Å². The summed E-state index contributed by atoms with van der Waals surface area (Å²) in [7, 11) is 1.80. The molecule has 1 heterocycles. The SMILES string of the molecule is CCCNc1cc(C)ccc1C(=O)NCc1ncn(C)n1. The Hall–Kier alpha value is -2.37. The summed E-state index contributed by atoms with van der Waals surface area (Å²) in [6.45, 7) is 5.26. The second-order valence-electron chi connectivity index (χ2n) is 4.99. The number of hydrogen-bond acceptors (Lipinski definition) is 4. The van der Waals surface area contributed by atoms with Gasteiger partial charge in [0, 0.05) is 19.3 Å². The predicted octanol–water partition coefficient (Wildman–Crippen LogP) is 1.88. The maximum absolute atomic E-state index is 12.3. The first-order valence-corrected chi connectivity index (χ1v) is 7.07. The maximum atomic E-state index is 12.3. The molecule has 2 aromatic rings. The fraction of sp³-hybridized carbons (Fsp3) is 0.400. The number of aryl methyl sites for hydroxylation is 2. The molecule has 0 aliphatic rings. The van der Waals surface area contributed by atoms with E-state index < -0.39 is 0 Å². The Morgan fingerprint density at radius 1 is 1.38 bits per heavy atom. The van der Waals surface area contributed by atoms with Crippen molar-refractivity contribution in [2.45, 2.75) is 26.8 Å². The zero-order chi connectivity index (χ0) is 15.2. The van der Waals surface area contributed by atoms with Crippen LogP contribution in [0, 0.1) is 6.92 Å². The van der Waals surface area contributed by atoms with Crippen LogP contribution in [-0.2, 0) is 13.6 Å². The minimum absolute atomic E-state index is 0.124. The van der Waals surface area contributed by atoms with Crippen molar-refractivity contribution >= 4 is 11.6 Å². The van der Waals surface area contributed by atoms with E-state index in [4.69, 9.17) is 0 Å². The van der Waals surface area contributed by atoms with E-state index in [1.807, 2.05) is 25.1 Å². The van der Waals surface area contributed by atoms with E-state index >= 15 is 0 Å². The molecule has 0 spiro atoms. The fourth-order valence-corrected chi connectivity index (χ4v) is 1.98. The molecule has 1 amide bonds. The van der Waals surface area contributed by atoms with Gasteiger partial charge in [-0.2, -0.15) is 5.10 Å². The van der Waals surface area contributed by atoms with Crippen LogP contribution in [0.2, 0.25) is 0 Å². The molecule has 0 saturated heterocycles. The molecule has 0 unspecified atom stereocenters.